The number of benzene rings is 3. The number of hydrogen-bond acceptors (Lipinski definition) is 6. The number of para-hydroxylation sites is 1. The number of phenols is 1. The molecule has 1 aliphatic heterocycles. The van der Waals surface area contributed by atoms with Crippen molar-refractivity contribution in [1.82, 2.24) is 20.5 Å². The van der Waals surface area contributed by atoms with E-state index in [1.165, 1.54) is 12.1 Å². The zero-order chi connectivity index (χ0) is 33.7. The minimum absolute atomic E-state index is 0.0202. The Morgan fingerprint density at radius 2 is 1.60 bits per heavy atom. The largest absolute Gasteiger partial charge is 0.508 e. The van der Waals surface area contributed by atoms with Gasteiger partial charge in [-0.25, -0.2) is 0 Å². The predicted molar refractivity (Wildman–Crippen MR) is 170 cm³/mol. The second-order valence-corrected chi connectivity index (χ2v) is 11.1. The molecule has 0 radical (unpaired) electrons. The van der Waals surface area contributed by atoms with E-state index >= 15 is 0 Å². The number of carbonyl (C=O) groups excluding carboxylic acids is 4. The molecule has 234 valence electrons. The first-order valence-electron chi connectivity index (χ1n) is 15.8. The number of carbonyl (C=O) groups is 4. The summed E-state index contributed by atoms with van der Waals surface area (Å²) in [5, 5.41) is 15.8. The first-order chi connectivity index (χ1) is 22.5. The molecule has 0 saturated carbocycles. The lowest BCUT2D eigenvalue weighted by molar-refractivity contribution is -0.140. The van der Waals surface area contributed by atoms with Crippen molar-refractivity contribution in [2.75, 3.05) is 6.54 Å². The van der Waals surface area contributed by atoms with Crippen molar-refractivity contribution in [1.29, 1.82) is 0 Å². The highest BCUT2D eigenvalue weighted by Gasteiger charge is 2.38. The van der Waals surface area contributed by atoms with Crippen LogP contribution in [0, 0.1) is 0 Å². The number of aromatic nitrogens is 1. The maximum Gasteiger partial charge on any atom is 0.243 e. The second-order valence-electron chi connectivity index (χ2n) is 11.1. The molecule has 1 fully saturated rings. The molecule has 11 nitrogen and oxygen atoms in total. The van der Waals surface area contributed by atoms with Gasteiger partial charge in [0.25, 0.3) is 0 Å². The Morgan fingerprint density at radius 1 is 0.911 bits per heavy atom. The Hall–Kier alpha value is -5.16. The lowest BCUT2D eigenvalue weighted by atomic mass is 10.0. The average Bonchev–Trinajstić information content (AvgIpc) is 3.60. The number of primary amides is 1. The molecule has 1 aliphatic rings. The highest BCUT2D eigenvalue weighted by molar-refractivity contribution is 5.95. The van der Waals surface area contributed by atoms with Gasteiger partial charge in [0, 0.05) is 39.2 Å². The minimum Gasteiger partial charge on any atom is -0.508 e. The molecular formula is C34H38N6O5. The summed E-state index contributed by atoms with van der Waals surface area (Å²) < 4.78 is 17.0. The zero-order valence-electron chi connectivity index (χ0n) is 26.6. The number of rotatable bonds is 12. The molecule has 0 spiro atoms. The molecule has 45 heavy (non-hydrogen) atoms. The molecule has 8 N–H and O–H groups in total. The molecule has 6 atom stereocenters. The van der Waals surface area contributed by atoms with Crippen LogP contribution in [0.1, 0.15) is 32.2 Å². The molecular weight excluding hydrogens is 572 g/mol. The third-order valence-electron chi connectivity index (χ3n) is 7.89. The maximum atomic E-state index is 13.9. The molecule has 4 amide bonds. The summed E-state index contributed by atoms with van der Waals surface area (Å²) >= 11 is 0. The molecule has 1 saturated heterocycles. The number of H-pyrrole nitrogens is 1. The summed E-state index contributed by atoms with van der Waals surface area (Å²) in [6.07, 6.45) is -0.388. The lowest BCUT2D eigenvalue weighted by Crippen LogP contribution is -2.58. The van der Waals surface area contributed by atoms with Gasteiger partial charge in [0.2, 0.25) is 23.6 Å². The summed E-state index contributed by atoms with van der Waals surface area (Å²) in [6.45, 7) is -0.186. The molecule has 11 heteroatoms. The molecule has 4 aromatic rings. The van der Waals surface area contributed by atoms with E-state index in [-0.39, 0.29) is 31.6 Å². The van der Waals surface area contributed by atoms with Gasteiger partial charge >= 0.3 is 0 Å². The Morgan fingerprint density at radius 3 is 2.33 bits per heavy atom. The summed E-state index contributed by atoms with van der Waals surface area (Å²) in [6, 6.07) is 17.9. The van der Waals surface area contributed by atoms with Gasteiger partial charge in [-0.1, -0.05) is 60.7 Å². The van der Waals surface area contributed by atoms with Gasteiger partial charge in [0.15, 0.2) is 0 Å². The maximum absolute atomic E-state index is 13.9. The Kier molecular flexibility index (Phi) is 8.95. The normalized spacial score (nSPS) is 20.5. The summed E-state index contributed by atoms with van der Waals surface area (Å²) in [4.78, 5) is 57.9. The number of phenolic OH excluding ortho intramolecular Hbond substituents is 1. The fourth-order valence-corrected chi connectivity index (χ4v) is 5.49. The molecule has 2 heterocycles. The quantitative estimate of drug-likeness (QED) is 0.141. The van der Waals surface area contributed by atoms with Gasteiger partial charge in [-0.05, 0) is 54.1 Å². The van der Waals surface area contributed by atoms with Gasteiger partial charge in [0.05, 0.1) is 6.04 Å². The number of nitrogens with zero attached hydrogens (tertiary/aromatic N) is 1. The number of hydrogen-bond donors (Lipinski definition) is 6. The van der Waals surface area contributed by atoms with Gasteiger partial charge in [-0.2, -0.15) is 0 Å². The van der Waals surface area contributed by atoms with Crippen LogP contribution >= 0.6 is 0 Å². The number of amides is 4. The van der Waals surface area contributed by atoms with Crippen molar-refractivity contribution in [2.45, 2.75) is 56.2 Å². The number of aromatic hydroxyl groups is 1. The lowest BCUT2D eigenvalue weighted by Gasteiger charge is -2.29. The van der Waals surface area contributed by atoms with Crippen LogP contribution in [0.3, 0.4) is 0 Å². The summed E-state index contributed by atoms with van der Waals surface area (Å²) in [7, 11) is 0. The van der Waals surface area contributed by atoms with Crippen LogP contribution in [0.2, 0.25) is 0 Å². The van der Waals surface area contributed by atoms with Crippen molar-refractivity contribution in [2.24, 2.45) is 11.5 Å². The van der Waals surface area contributed by atoms with E-state index in [1.54, 1.807) is 42.6 Å². The zero-order valence-corrected chi connectivity index (χ0v) is 24.6. The second kappa shape index (κ2) is 14.1. The average molecular weight is 615 g/mol. The monoisotopic (exact) mass is 614 g/mol. The number of aromatic amines is 1. The van der Waals surface area contributed by atoms with Crippen molar-refractivity contribution >= 4 is 34.5 Å². The van der Waals surface area contributed by atoms with Gasteiger partial charge in [-0.3, -0.25) is 19.2 Å². The molecule has 3 aromatic carbocycles. The third kappa shape index (κ3) is 7.68. The summed E-state index contributed by atoms with van der Waals surface area (Å²) in [5.74, 6) is -2.76. The number of likely N-dealkylation sites (tertiary alicyclic amines) is 1. The van der Waals surface area contributed by atoms with Crippen LogP contribution in [0.4, 0.5) is 0 Å². The van der Waals surface area contributed by atoms with Gasteiger partial charge < -0.3 is 37.1 Å². The first kappa shape index (κ1) is 28.6. The number of fused-ring (bicyclic) bond motifs is 1. The van der Waals surface area contributed by atoms with E-state index < -0.39 is 60.6 Å². The standard InChI is InChI=1S/C34H38N6O5/c35-26(17-22-12-14-24(41)15-13-22)34(45)40-16-6-11-30(40)33(44)39-29(19-23-20-37-27-10-5-4-9-25(23)27)32(43)38-28(31(36)42)18-21-7-2-1-3-8-21/h1-5,7-10,12-15,20,26,28-30,37,41H,6,11,16-19,35H2,(H2,36,42)(H,38,43)(H,39,44)/t26-,28-,29-,30-/m0/s1/i6T,11T/t6?,11?,26-,28-,29-,30-. The van der Waals surface area contributed by atoms with Crippen LogP contribution in [0.25, 0.3) is 10.9 Å². The predicted octanol–water partition coefficient (Wildman–Crippen LogP) is 1.67. The van der Waals surface area contributed by atoms with Gasteiger partial charge in [0.1, 0.15) is 23.9 Å². The SMILES string of the molecule is [3H]C1CN(C(=O)[C@@H](N)Cc2ccc(O)cc2)[C@H](C(=O)N[C@@H](Cc2c[nH]c3ccccc23)C(=O)N[C@@H](Cc2ccccc2)C(N)=O)C1[3H]. The topological polar surface area (TPSA) is 184 Å². The fourth-order valence-electron chi connectivity index (χ4n) is 5.49. The van der Waals surface area contributed by atoms with E-state index in [4.69, 9.17) is 14.2 Å². The van der Waals surface area contributed by atoms with Crippen LogP contribution in [0.15, 0.2) is 85.1 Å². The van der Waals surface area contributed by atoms with E-state index in [9.17, 15) is 24.3 Å². The van der Waals surface area contributed by atoms with Crippen molar-refractivity contribution in [3.05, 3.63) is 102 Å². The van der Waals surface area contributed by atoms with E-state index in [1.807, 2.05) is 30.3 Å². The van der Waals surface area contributed by atoms with Crippen molar-refractivity contribution < 1.29 is 27.0 Å². The molecule has 1 aromatic heterocycles. The molecule has 0 bridgehead atoms. The minimum atomic E-state index is -1.38. The van der Waals surface area contributed by atoms with Crippen molar-refractivity contribution in [3.8, 4) is 5.75 Å². The first-order valence-corrected chi connectivity index (χ1v) is 14.7. The molecule has 0 aliphatic carbocycles. The van der Waals surface area contributed by atoms with E-state index in [0.717, 1.165) is 26.9 Å². The Balaban J connectivity index is 1.38. The fraction of sp³-hybridized carbons (Fsp3) is 0.294. The highest BCUT2D eigenvalue weighted by Crippen LogP contribution is 2.22. The Bertz CT molecular complexity index is 1730. The Labute approximate surface area is 263 Å². The van der Waals surface area contributed by atoms with E-state index in [0.29, 0.717) is 5.56 Å². The van der Waals surface area contributed by atoms with E-state index in [2.05, 4.69) is 15.6 Å². The third-order valence-corrected chi connectivity index (χ3v) is 7.89. The van der Waals surface area contributed by atoms with Crippen molar-refractivity contribution in [3.63, 3.8) is 0 Å². The van der Waals surface area contributed by atoms with Crippen LogP contribution in [-0.2, 0) is 38.4 Å². The molecule has 2 unspecified atom stereocenters. The van der Waals surface area contributed by atoms with Crippen LogP contribution < -0.4 is 22.1 Å². The van der Waals surface area contributed by atoms with Gasteiger partial charge in [-0.15, -0.1) is 0 Å². The number of nitrogens with two attached hydrogens (primary N) is 2. The molecule has 5 rings (SSSR count). The summed E-state index contributed by atoms with van der Waals surface area (Å²) in [5.41, 5.74) is 14.9. The highest BCUT2D eigenvalue weighted by atomic mass is 16.3. The van der Waals surface area contributed by atoms with Crippen LogP contribution in [0.5, 0.6) is 5.75 Å². The van der Waals surface area contributed by atoms with Crippen LogP contribution in [-0.4, -0.2) is 69.3 Å². The number of nitrogens with one attached hydrogen (secondary N) is 3. The smallest absolute Gasteiger partial charge is 0.243 e.